The van der Waals surface area contributed by atoms with E-state index in [-0.39, 0.29) is 18.2 Å². The fourth-order valence-electron chi connectivity index (χ4n) is 2.64. The van der Waals surface area contributed by atoms with Crippen LogP contribution < -0.4 is 10.2 Å². The van der Waals surface area contributed by atoms with Crippen molar-refractivity contribution in [2.24, 2.45) is 0 Å². The molecule has 0 fully saturated rings. The first-order valence-corrected chi connectivity index (χ1v) is 9.11. The number of anilines is 3. The molecule has 2 aromatic heterocycles. The SMILES string of the molecule is CC(=O)N(c1cc(NC(=O)Cc2ccccc2Cl)ccn1)c1ccncc1Cl. The lowest BCUT2D eigenvalue weighted by Gasteiger charge is -2.21. The molecule has 0 aliphatic carbocycles. The number of benzene rings is 1. The lowest BCUT2D eigenvalue weighted by molar-refractivity contribution is -0.116. The van der Waals surface area contributed by atoms with Crippen molar-refractivity contribution in [3.63, 3.8) is 0 Å². The highest BCUT2D eigenvalue weighted by Crippen LogP contribution is 2.31. The summed E-state index contributed by atoms with van der Waals surface area (Å²) >= 11 is 12.3. The van der Waals surface area contributed by atoms with Crippen LogP contribution in [-0.2, 0) is 16.0 Å². The summed E-state index contributed by atoms with van der Waals surface area (Å²) in [5.41, 5.74) is 1.68. The molecule has 0 unspecified atom stereocenters. The number of nitrogens with zero attached hydrogens (tertiary/aromatic N) is 3. The molecule has 8 heteroatoms. The van der Waals surface area contributed by atoms with Crippen molar-refractivity contribution in [3.05, 3.63) is 76.7 Å². The number of aromatic nitrogens is 2. The van der Waals surface area contributed by atoms with Gasteiger partial charge in [0.15, 0.2) is 0 Å². The third-order valence-corrected chi connectivity index (χ3v) is 4.53. The fraction of sp³-hybridized carbons (Fsp3) is 0.100. The maximum atomic E-state index is 12.4. The van der Waals surface area contributed by atoms with E-state index < -0.39 is 0 Å². The molecule has 3 rings (SSSR count). The number of rotatable bonds is 5. The minimum atomic E-state index is -0.278. The zero-order chi connectivity index (χ0) is 20.1. The molecule has 0 saturated carbocycles. The van der Waals surface area contributed by atoms with Gasteiger partial charge in [0.25, 0.3) is 0 Å². The number of carbonyl (C=O) groups excluding carboxylic acids is 2. The van der Waals surface area contributed by atoms with Gasteiger partial charge in [-0.05, 0) is 23.8 Å². The maximum Gasteiger partial charge on any atom is 0.229 e. The highest BCUT2D eigenvalue weighted by atomic mass is 35.5. The Morgan fingerprint density at radius 3 is 2.57 bits per heavy atom. The Kier molecular flexibility index (Phi) is 6.23. The van der Waals surface area contributed by atoms with Crippen LogP contribution in [0.4, 0.5) is 17.2 Å². The van der Waals surface area contributed by atoms with E-state index in [2.05, 4.69) is 15.3 Å². The van der Waals surface area contributed by atoms with Crippen LogP contribution in [0, 0.1) is 0 Å². The van der Waals surface area contributed by atoms with Gasteiger partial charge in [-0.25, -0.2) is 4.98 Å². The second-order valence-corrected chi connectivity index (χ2v) is 6.71. The highest BCUT2D eigenvalue weighted by molar-refractivity contribution is 6.34. The van der Waals surface area contributed by atoms with Gasteiger partial charge in [0, 0.05) is 42.3 Å². The zero-order valence-electron chi connectivity index (χ0n) is 14.9. The fourth-order valence-corrected chi connectivity index (χ4v) is 3.05. The minimum absolute atomic E-state index is 0.129. The topological polar surface area (TPSA) is 75.2 Å². The van der Waals surface area contributed by atoms with Gasteiger partial charge < -0.3 is 5.32 Å². The summed E-state index contributed by atoms with van der Waals surface area (Å²) in [6.45, 7) is 1.40. The summed E-state index contributed by atoms with van der Waals surface area (Å²) in [6.07, 6.45) is 4.61. The van der Waals surface area contributed by atoms with E-state index >= 15 is 0 Å². The number of pyridine rings is 2. The molecule has 6 nitrogen and oxygen atoms in total. The molecule has 2 amide bonds. The van der Waals surface area contributed by atoms with E-state index in [4.69, 9.17) is 23.2 Å². The van der Waals surface area contributed by atoms with Crippen molar-refractivity contribution in [3.8, 4) is 0 Å². The first-order valence-electron chi connectivity index (χ1n) is 8.35. The third-order valence-electron chi connectivity index (χ3n) is 3.87. The van der Waals surface area contributed by atoms with Crippen molar-refractivity contribution in [1.82, 2.24) is 9.97 Å². The Morgan fingerprint density at radius 1 is 1.07 bits per heavy atom. The number of hydrogen-bond acceptors (Lipinski definition) is 4. The lowest BCUT2D eigenvalue weighted by atomic mass is 10.1. The van der Waals surface area contributed by atoms with E-state index in [0.717, 1.165) is 5.56 Å². The molecule has 0 bridgehead atoms. The van der Waals surface area contributed by atoms with E-state index in [1.165, 1.54) is 30.4 Å². The molecule has 1 aromatic carbocycles. The van der Waals surface area contributed by atoms with Crippen molar-refractivity contribution in [2.45, 2.75) is 13.3 Å². The zero-order valence-corrected chi connectivity index (χ0v) is 16.4. The van der Waals surface area contributed by atoms with Gasteiger partial charge >= 0.3 is 0 Å². The van der Waals surface area contributed by atoms with Gasteiger partial charge in [0.2, 0.25) is 11.8 Å². The molecule has 2 heterocycles. The average Bonchev–Trinajstić information content (AvgIpc) is 2.65. The minimum Gasteiger partial charge on any atom is -0.326 e. The van der Waals surface area contributed by atoms with Crippen LogP contribution in [0.15, 0.2) is 61.1 Å². The van der Waals surface area contributed by atoms with E-state index in [1.807, 2.05) is 6.07 Å². The van der Waals surface area contributed by atoms with Gasteiger partial charge in [-0.15, -0.1) is 0 Å². The van der Waals surface area contributed by atoms with Crippen molar-refractivity contribution < 1.29 is 9.59 Å². The van der Waals surface area contributed by atoms with Crippen LogP contribution in [0.5, 0.6) is 0 Å². The van der Waals surface area contributed by atoms with Gasteiger partial charge in [-0.2, -0.15) is 0 Å². The standard InChI is InChI=1S/C20H16Cl2N4O2/c1-13(27)26(18-7-8-23-12-17(18)22)19-11-15(6-9-24-19)25-20(28)10-14-4-2-3-5-16(14)21/h2-9,11-12H,10H2,1H3,(H,24,25,28). The van der Waals surface area contributed by atoms with Crippen molar-refractivity contribution >= 4 is 52.2 Å². The molecule has 0 aliphatic heterocycles. The molecule has 0 atom stereocenters. The summed E-state index contributed by atoms with van der Waals surface area (Å²) in [5.74, 6) is -0.183. The Hall–Kier alpha value is -2.96. The molecule has 3 aromatic rings. The Bertz CT molecular complexity index is 1030. The van der Waals surface area contributed by atoms with Crippen LogP contribution >= 0.6 is 23.2 Å². The quantitative estimate of drug-likeness (QED) is 0.658. The second-order valence-electron chi connectivity index (χ2n) is 5.90. The van der Waals surface area contributed by atoms with Crippen LogP contribution in [0.1, 0.15) is 12.5 Å². The first-order chi connectivity index (χ1) is 13.5. The average molecular weight is 415 g/mol. The van der Waals surface area contributed by atoms with Gasteiger partial charge in [-0.1, -0.05) is 41.4 Å². The van der Waals surface area contributed by atoms with Gasteiger partial charge in [-0.3, -0.25) is 19.5 Å². The number of amides is 2. The molecule has 0 spiro atoms. The summed E-state index contributed by atoms with van der Waals surface area (Å²) in [7, 11) is 0. The van der Waals surface area contributed by atoms with E-state index in [0.29, 0.717) is 27.2 Å². The van der Waals surface area contributed by atoms with E-state index in [1.54, 1.807) is 36.4 Å². The number of hydrogen-bond donors (Lipinski definition) is 1. The molecular weight excluding hydrogens is 399 g/mol. The third kappa shape index (κ3) is 4.65. The molecule has 142 valence electrons. The summed E-state index contributed by atoms with van der Waals surface area (Å²) in [6, 6.07) is 12.0. The van der Waals surface area contributed by atoms with Crippen molar-refractivity contribution in [1.29, 1.82) is 0 Å². The number of halogens is 2. The Labute approximate surface area is 172 Å². The predicted octanol–water partition coefficient (Wildman–Crippen LogP) is 4.65. The van der Waals surface area contributed by atoms with Gasteiger partial charge in [0.05, 0.1) is 17.1 Å². The monoisotopic (exact) mass is 414 g/mol. The number of carbonyl (C=O) groups is 2. The summed E-state index contributed by atoms with van der Waals surface area (Å²) in [4.78, 5) is 34.1. The highest BCUT2D eigenvalue weighted by Gasteiger charge is 2.19. The molecule has 28 heavy (non-hydrogen) atoms. The maximum absolute atomic E-state index is 12.4. The Morgan fingerprint density at radius 2 is 1.86 bits per heavy atom. The summed E-state index contributed by atoms with van der Waals surface area (Å²) in [5, 5.41) is 3.64. The first kappa shape index (κ1) is 19.8. The van der Waals surface area contributed by atoms with Gasteiger partial charge in [0.1, 0.15) is 5.82 Å². The largest absolute Gasteiger partial charge is 0.326 e. The lowest BCUT2D eigenvalue weighted by Crippen LogP contribution is -2.24. The van der Waals surface area contributed by atoms with E-state index in [9.17, 15) is 9.59 Å². The smallest absolute Gasteiger partial charge is 0.229 e. The van der Waals surface area contributed by atoms with Crippen LogP contribution in [-0.4, -0.2) is 21.8 Å². The number of nitrogens with one attached hydrogen (secondary N) is 1. The molecular formula is C20H16Cl2N4O2. The second kappa shape index (κ2) is 8.82. The van der Waals surface area contributed by atoms with Crippen molar-refractivity contribution in [2.75, 3.05) is 10.2 Å². The Balaban J connectivity index is 1.83. The van der Waals surface area contributed by atoms with Crippen LogP contribution in [0.2, 0.25) is 10.0 Å². The summed E-state index contributed by atoms with van der Waals surface area (Å²) < 4.78 is 0. The molecule has 1 N–H and O–H groups in total. The molecule has 0 aliphatic rings. The van der Waals surface area contributed by atoms with Crippen LogP contribution in [0.3, 0.4) is 0 Å². The molecule has 0 radical (unpaired) electrons. The predicted molar refractivity (Wildman–Crippen MR) is 110 cm³/mol. The normalized spacial score (nSPS) is 10.4. The van der Waals surface area contributed by atoms with Crippen LogP contribution in [0.25, 0.3) is 0 Å². The molecule has 0 saturated heterocycles.